The molecule has 2 N–H and O–H groups in total. The molecule has 2 rings (SSSR count). The predicted molar refractivity (Wildman–Crippen MR) is 70.8 cm³/mol. The topological polar surface area (TPSA) is 53.0 Å². The van der Waals surface area contributed by atoms with Crippen molar-refractivity contribution in [1.29, 1.82) is 5.26 Å². The Morgan fingerprint density at radius 2 is 2.12 bits per heavy atom. The number of anilines is 2. The average molecular weight is 229 g/mol. The molecule has 0 radical (unpaired) electrons. The maximum absolute atomic E-state index is 9.20. The first-order valence-corrected chi connectivity index (χ1v) is 6.32. The summed E-state index contributed by atoms with van der Waals surface area (Å²) in [5.74, 6) is 0. The van der Waals surface area contributed by atoms with Crippen LogP contribution in [0, 0.1) is 11.3 Å². The highest BCUT2D eigenvalue weighted by atomic mass is 15.2. The summed E-state index contributed by atoms with van der Waals surface area (Å²) in [5, 5.41) is 9.20. The Labute approximate surface area is 103 Å². The minimum Gasteiger partial charge on any atom is -0.399 e. The van der Waals surface area contributed by atoms with Gasteiger partial charge in [0.25, 0.3) is 0 Å². The molecule has 1 aliphatic rings. The summed E-state index contributed by atoms with van der Waals surface area (Å²) in [5.41, 5.74) is 8.12. The van der Waals surface area contributed by atoms with Crippen molar-refractivity contribution in [3.8, 4) is 6.07 Å². The largest absolute Gasteiger partial charge is 0.399 e. The fraction of sp³-hybridized carbons (Fsp3) is 0.500. The standard InChI is InChI=1S/C14H19N3/c1-2-17(13-5-3-4-6-13)14-8-7-12(16)9-11(14)10-15/h7-9,13H,2-6,16H2,1H3. The monoisotopic (exact) mass is 229 g/mol. The molecule has 1 aliphatic carbocycles. The molecule has 0 unspecified atom stereocenters. The third kappa shape index (κ3) is 2.36. The maximum atomic E-state index is 9.20. The van der Waals surface area contributed by atoms with E-state index in [9.17, 15) is 5.26 Å². The number of rotatable bonds is 3. The molecule has 1 saturated carbocycles. The number of benzene rings is 1. The van der Waals surface area contributed by atoms with E-state index in [2.05, 4.69) is 17.9 Å². The normalized spacial score (nSPS) is 15.8. The summed E-state index contributed by atoms with van der Waals surface area (Å²) in [7, 11) is 0. The Morgan fingerprint density at radius 1 is 1.41 bits per heavy atom. The molecule has 0 spiro atoms. The van der Waals surface area contributed by atoms with Crippen molar-refractivity contribution >= 4 is 11.4 Å². The zero-order valence-electron chi connectivity index (χ0n) is 10.3. The summed E-state index contributed by atoms with van der Waals surface area (Å²) < 4.78 is 0. The number of nitrogens with zero attached hydrogens (tertiary/aromatic N) is 2. The van der Waals surface area contributed by atoms with Crippen LogP contribution in [0.5, 0.6) is 0 Å². The molecule has 0 bridgehead atoms. The van der Waals surface area contributed by atoms with E-state index in [1.807, 2.05) is 12.1 Å². The van der Waals surface area contributed by atoms with Crippen LogP contribution >= 0.6 is 0 Å². The van der Waals surface area contributed by atoms with E-state index in [1.165, 1.54) is 25.7 Å². The quantitative estimate of drug-likeness (QED) is 0.811. The zero-order valence-corrected chi connectivity index (χ0v) is 10.3. The van der Waals surface area contributed by atoms with Gasteiger partial charge in [-0.25, -0.2) is 0 Å². The molecule has 90 valence electrons. The molecule has 3 nitrogen and oxygen atoms in total. The highest BCUT2D eigenvalue weighted by molar-refractivity contribution is 5.64. The molecule has 0 aliphatic heterocycles. The van der Waals surface area contributed by atoms with E-state index in [4.69, 9.17) is 5.73 Å². The van der Waals surface area contributed by atoms with Crippen LogP contribution in [0.3, 0.4) is 0 Å². The van der Waals surface area contributed by atoms with Crippen LogP contribution in [0.25, 0.3) is 0 Å². The average Bonchev–Trinajstić information content (AvgIpc) is 2.85. The van der Waals surface area contributed by atoms with Gasteiger partial charge in [-0.15, -0.1) is 0 Å². The molecular formula is C14H19N3. The van der Waals surface area contributed by atoms with Crippen LogP contribution in [0.2, 0.25) is 0 Å². The summed E-state index contributed by atoms with van der Waals surface area (Å²) in [6.45, 7) is 3.10. The Morgan fingerprint density at radius 3 is 2.71 bits per heavy atom. The molecule has 1 fully saturated rings. The van der Waals surface area contributed by atoms with Crippen molar-refractivity contribution in [2.45, 2.75) is 38.6 Å². The zero-order chi connectivity index (χ0) is 12.3. The molecule has 17 heavy (non-hydrogen) atoms. The van der Waals surface area contributed by atoms with Crippen molar-refractivity contribution in [1.82, 2.24) is 0 Å². The first kappa shape index (κ1) is 11.8. The van der Waals surface area contributed by atoms with Crippen LogP contribution < -0.4 is 10.6 Å². The minimum atomic E-state index is 0.593. The summed E-state index contributed by atoms with van der Waals surface area (Å²) >= 11 is 0. The minimum absolute atomic E-state index is 0.593. The Bertz CT molecular complexity index is 428. The van der Waals surface area contributed by atoms with Gasteiger partial charge in [0.15, 0.2) is 0 Å². The van der Waals surface area contributed by atoms with Crippen LogP contribution in [-0.2, 0) is 0 Å². The van der Waals surface area contributed by atoms with Crippen LogP contribution in [0.4, 0.5) is 11.4 Å². The van der Waals surface area contributed by atoms with Gasteiger partial charge in [0.05, 0.1) is 11.3 Å². The molecule has 1 aromatic carbocycles. The second-order valence-corrected chi connectivity index (χ2v) is 4.61. The Balaban J connectivity index is 2.33. The number of nitrogens with two attached hydrogens (primary N) is 1. The first-order valence-electron chi connectivity index (χ1n) is 6.32. The van der Waals surface area contributed by atoms with Crippen LogP contribution in [0.1, 0.15) is 38.2 Å². The van der Waals surface area contributed by atoms with Gasteiger partial charge < -0.3 is 10.6 Å². The fourth-order valence-corrected chi connectivity index (χ4v) is 2.73. The molecule has 0 heterocycles. The van der Waals surface area contributed by atoms with E-state index >= 15 is 0 Å². The van der Waals surface area contributed by atoms with Crippen molar-refractivity contribution in [3.63, 3.8) is 0 Å². The second kappa shape index (κ2) is 5.09. The van der Waals surface area contributed by atoms with Crippen molar-refractivity contribution < 1.29 is 0 Å². The number of hydrogen-bond donors (Lipinski definition) is 1. The Hall–Kier alpha value is -1.69. The van der Waals surface area contributed by atoms with Gasteiger partial charge in [-0.3, -0.25) is 0 Å². The van der Waals surface area contributed by atoms with Crippen molar-refractivity contribution in [2.75, 3.05) is 17.2 Å². The van der Waals surface area contributed by atoms with E-state index in [1.54, 1.807) is 6.07 Å². The molecule has 3 heteroatoms. The number of hydrogen-bond acceptors (Lipinski definition) is 3. The molecule has 0 saturated heterocycles. The predicted octanol–water partition coefficient (Wildman–Crippen LogP) is 2.91. The van der Waals surface area contributed by atoms with Gasteiger partial charge in [0.1, 0.15) is 6.07 Å². The fourth-order valence-electron chi connectivity index (χ4n) is 2.73. The smallest absolute Gasteiger partial charge is 0.101 e. The summed E-state index contributed by atoms with van der Waals surface area (Å²) in [6, 6.07) is 8.48. The lowest BCUT2D eigenvalue weighted by Gasteiger charge is -2.30. The van der Waals surface area contributed by atoms with Gasteiger partial charge >= 0.3 is 0 Å². The lowest BCUT2D eigenvalue weighted by molar-refractivity contribution is 0.619. The third-order valence-electron chi connectivity index (χ3n) is 3.56. The molecule has 1 aromatic rings. The number of nitrogen functional groups attached to an aromatic ring is 1. The van der Waals surface area contributed by atoms with Gasteiger partial charge in [0.2, 0.25) is 0 Å². The lowest BCUT2D eigenvalue weighted by atomic mass is 10.1. The van der Waals surface area contributed by atoms with Gasteiger partial charge in [0, 0.05) is 18.3 Å². The lowest BCUT2D eigenvalue weighted by Crippen LogP contribution is -2.33. The summed E-state index contributed by atoms with van der Waals surface area (Å²) in [4.78, 5) is 2.35. The number of nitriles is 1. The summed E-state index contributed by atoms with van der Waals surface area (Å²) in [6.07, 6.45) is 5.09. The van der Waals surface area contributed by atoms with E-state index in [0.29, 0.717) is 17.3 Å². The molecular weight excluding hydrogens is 210 g/mol. The van der Waals surface area contributed by atoms with E-state index < -0.39 is 0 Å². The molecule has 0 atom stereocenters. The highest BCUT2D eigenvalue weighted by Gasteiger charge is 2.23. The van der Waals surface area contributed by atoms with E-state index in [-0.39, 0.29) is 0 Å². The second-order valence-electron chi connectivity index (χ2n) is 4.61. The SMILES string of the molecule is CCN(c1ccc(N)cc1C#N)C1CCCC1. The Kier molecular flexibility index (Phi) is 3.53. The first-order chi connectivity index (χ1) is 8.26. The molecule has 0 amide bonds. The molecule has 0 aromatic heterocycles. The van der Waals surface area contributed by atoms with Gasteiger partial charge in [-0.05, 0) is 38.0 Å². The van der Waals surface area contributed by atoms with Crippen molar-refractivity contribution in [3.05, 3.63) is 23.8 Å². The van der Waals surface area contributed by atoms with Crippen LogP contribution in [0.15, 0.2) is 18.2 Å². The van der Waals surface area contributed by atoms with Gasteiger partial charge in [-0.2, -0.15) is 5.26 Å². The third-order valence-corrected chi connectivity index (χ3v) is 3.56. The van der Waals surface area contributed by atoms with E-state index in [0.717, 1.165) is 12.2 Å². The van der Waals surface area contributed by atoms with Crippen LogP contribution in [-0.4, -0.2) is 12.6 Å². The van der Waals surface area contributed by atoms with Gasteiger partial charge in [-0.1, -0.05) is 12.8 Å². The maximum Gasteiger partial charge on any atom is 0.101 e. The highest BCUT2D eigenvalue weighted by Crippen LogP contribution is 2.30. The van der Waals surface area contributed by atoms with Crippen molar-refractivity contribution in [2.24, 2.45) is 0 Å².